The van der Waals surface area contributed by atoms with Crippen molar-refractivity contribution in [3.05, 3.63) is 40.2 Å². The van der Waals surface area contributed by atoms with Gasteiger partial charge in [0.25, 0.3) is 0 Å². The van der Waals surface area contributed by atoms with Gasteiger partial charge in [-0.2, -0.15) is 0 Å². The standard InChI is InChI=1S/C15H16BrNO3S/c1-3-19-14(18)10(2)17-11-4-6-12(7-5-11)20-15-13(16)8-9-21-15/h4-10,17H,3H2,1-2H3. The number of nitrogens with one attached hydrogen (secondary N) is 1. The molecule has 0 aliphatic rings. The molecule has 1 unspecified atom stereocenters. The lowest BCUT2D eigenvalue weighted by molar-refractivity contribution is -0.143. The zero-order valence-electron chi connectivity index (χ0n) is 11.8. The van der Waals surface area contributed by atoms with E-state index < -0.39 is 0 Å². The van der Waals surface area contributed by atoms with Gasteiger partial charge in [0.1, 0.15) is 11.8 Å². The van der Waals surface area contributed by atoms with Crippen LogP contribution in [0.5, 0.6) is 10.8 Å². The van der Waals surface area contributed by atoms with Crippen LogP contribution in [0.15, 0.2) is 40.2 Å². The number of hydrogen-bond acceptors (Lipinski definition) is 5. The zero-order chi connectivity index (χ0) is 15.2. The lowest BCUT2D eigenvalue weighted by Gasteiger charge is -2.14. The molecule has 0 aliphatic carbocycles. The molecule has 0 radical (unpaired) electrons. The molecule has 6 heteroatoms. The SMILES string of the molecule is CCOC(=O)C(C)Nc1ccc(Oc2sccc2Br)cc1. The molecule has 1 aromatic carbocycles. The second kappa shape index (κ2) is 7.47. The van der Waals surface area contributed by atoms with Crippen LogP contribution >= 0.6 is 27.3 Å². The number of carbonyl (C=O) groups excluding carboxylic acids is 1. The summed E-state index contributed by atoms with van der Waals surface area (Å²) in [5, 5.41) is 5.86. The summed E-state index contributed by atoms with van der Waals surface area (Å²) in [5.74, 6) is 0.479. The van der Waals surface area contributed by atoms with Crippen LogP contribution in [-0.2, 0) is 9.53 Å². The molecule has 2 aromatic rings. The quantitative estimate of drug-likeness (QED) is 0.751. The maximum atomic E-state index is 11.6. The van der Waals surface area contributed by atoms with Crippen molar-refractivity contribution in [3.63, 3.8) is 0 Å². The van der Waals surface area contributed by atoms with Gasteiger partial charge in [-0.05, 0) is 65.5 Å². The molecule has 0 spiro atoms. The van der Waals surface area contributed by atoms with Crippen LogP contribution in [0.25, 0.3) is 0 Å². The van der Waals surface area contributed by atoms with Crippen molar-refractivity contribution in [2.75, 3.05) is 11.9 Å². The van der Waals surface area contributed by atoms with E-state index in [4.69, 9.17) is 9.47 Å². The summed E-state index contributed by atoms with van der Waals surface area (Å²) in [6.45, 7) is 3.94. The first-order chi connectivity index (χ1) is 10.1. The van der Waals surface area contributed by atoms with Crippen LogP contribution in [0.2, 0.25) is 0 Å². The predicted octanol–water partition coefficient (Wildman–Crippen LogP) is 4.67. The van der Waals surface area contributed by atoms with Crippen molar-refractivity contribution in [2.45, 2.75) is 19.9 Å². The van der Waals surface area contributed by atoms with Crippen molar-refractivity contribution >= 4 is 38.9 Å². The van der Waals surface area contributed by atoms with E-state index in [1.807, 2.05) is 35.7 Å². The topological polar surface area (TPSA) is 47.6 Å². The Balaban J connectivity index is 1.96. The molecular formula is C15H16BrNO3S. The Hall–Kier alpha value is -1.53. The van der Waals surface area contributed by atoms with E-state index in [2.05, 4.69) is 21.2 Å². The second-order valence-electron chi connectivity index (χ2n) is 4.30. The number of thiophene rings is 1. The van der Waals surface area contributed by atoms with Gasteiger partial charge in [-0.15, -0.1) is 11.3 Å². The summed E-state index contributed by atoms with van der Waals surface area (Å²) in [7, 11) is 0. The number of ether oxygens (including phenoxy) is 2. The Bertz CT molecular complexity index is 597. The van der Waals surface area contributed by atoms with E-state index in [-0.39, 0.29) is 12.0 Å². The third-order valence-corrected chi connectivity index (χ3v) is 4.35. The predicted molar refractivity (Wildman–Crippen MR) is 88.3 cm³/mol. The molecule has 4 nitrogen and oxygen atoms in total. The molecule has 1 N–H and O–H groups in total. The van der Waals surface area contributed by atoms with Crippen LogP contribution in [0.1, 0.15) is 13.8 Å². The van der Waals surface area contributed by atoms with Crippen LogP contribution in [-0.4, -0.2) is 18.6 Å². The molecule has 1 aromatic heterocycles. The first-order valence-electron chi connectivity index (χ1n) is 6.54. The van der Waals surface area contributed by atoms with E-state index >= 15 is 0 Å². The van der Waals surface area contributed by atoms with Gasteiger partial charge in [-0.1, -0.05) is 0 Å². The highest BCUT2D eigenvalue weighted by atomic mass is 79.9. The second-order valence-corrected chi connectivity index (χ2v) is 6.03. The molecular weight excluding hydrogens is 354 g/mol. The minimum Gasteiger partial charge on any atom is -0.464 e. The molecule has 2 rings (SSSR count). The summed E-state index contributed by atoms with van der Waals surface area (Å²) < 4.78 is 11.6. The number of hydrogen-bond donors (Lipinski definition) is 1. The Kier molecular flexibility index (Phi) is 5.64. The molecule has 0 saturated carbocycles. The number of benzene rings is 1. The summed E-state index contributed by atoms with van der Waals surface area (Å²) >= 11 is 4.95. The maximum absolute atomic E-state index is 11.6. The number of anilines is 1. The smallest absolute Gasteiger partial charge is 0.328 e. The normalized spacial score (nSPS) is 11.8. The van der Waals surface area contributed by atoms with E-state index in [9.17, 15) is 4.79 Å². The third-order valence-electron chi connectivity index (χ3n) is 2.67. The summed E-state index contributed by atoms with van der Waals surface area (Å²) in [6.07, 6.45) is 0. The lowest BCUT2D eigenvalue weighted by atomic mass is 10.2. The van der Waals surface area contributed by atoms with Gasteiger partial charge >= 0.3 is 5.97 Å². The maximum Gasteiger partial charge on any atom is 0.328 e. The monoisotopic (exact) mass is 369 g/mol. The van der Waals surface area contributed by atoms with Gasteiger partial charge in [0.2, 0.25) is 0 Å². The molecule has 0 saturated heterocycles. The van der Waals surface area contributed by atoms with Gasteiger partial charge in [0, 0.05) is 5.69 Å². The van der Waals surface area contributed by atoms with Gasteiger partial charge < -0.3 is 14.8 Å². The Morgan fingerprint density at radius 2 is 2.05 bits per heavy atom. The lowest BCUT2D eigenvalue weighted by Crippen LogP contribution is -2.28. The highest BCUT2D eigenvalue weighted by molar-refractivity contribution is 9.10. The van der Waals surface area contributed by atoms with Gasteiger partial charge in [-0.3, -0.25) is 0 Å². The van der Waals surface area contributed by atoms with Crippen LogP contribution in [0.3, 0.4) is 0 Å². The van der Waals surface area contributed by atoms with Gasteiger partial charge in [-0.25, -0.2) is 4.79 Å². The van der Waals surface area contributed by atoms with Crippen molar-refractivity contribution in [1.82, 2.24) is 0 Å². The largest absolute Gasteiger partial charge is 0.464 e. The minimum atomic E-state index is -0.386. The Morgan fingerprint density at radius 1 is 1.33 bits per heavy atom. The highest BCUT2D eigenvalue weighted by Crippen LogP contribution is 2.35. The Labute approximate surface area is 136 Å². The van der Waals surface area contributed by atoms with E-state index in [0.717, 1.165) is 21.0 Å². The van der Waals surface area contributed by atoms with Crippen LogP contribution in [0, 0.1) is 0 Å². The van der Waals surface area contributed by atoms with Crippen LogP contribution < -0.4 is 10.1 Å². The average Bonchev–Trinajstić information content (AvgIpc) is 2.86. The van der Waals surface area contributed by atoms with Gasteiger partial charge in [0.05, 0.1) is 11.1 Å². The summed E-state index contributed by atoms with van der Waals surface area (Å²) in [6, 6.07) is 9.00. The van der Waals surface area contributed by atoms with Crippen molar-refractivity contribution < 1.29 is 14.3 Å². The first kappa shape index (κ1) is 15.9. The molecule has 112 valence electrons. The third kappa shape index (κ3) is 4.47. The van der Waals surface area contributed by atoms with Crippen molar-refractivity contribution in [1.29, 1.82) is 0 Å². The number of rotatable bonds is 6. The zero-order valence-corrected chi connectivity index (χ0v) is 14.2. The first-order valence-corrected chi connectivity index (χ1v) is 8.21. The molecule has 1 atom stereocenters. The van der Waals surface area contributed by atoms with Crippen LogP contribution in [0.4, 0.5) is 5.69 Å². The Morgan fingerprint density at radius 3 is 2.62 bits per heavy atom. The molecule has 1 heterocycles. The van der Waals surface area contributed by atoms with Crippen molar-refractivity contribution in [3.8, 4) is 10.8 Å². The fraction of sp³-hybridized carbons (Fsp3) is 0.267. The summed E-state index contributed by atoms with van der Waals surface area (Å²) in [5.41, 5.74) is 0.841. The minimum absolute atomic E-state index is 0.264. The van der Waals surface area contributed by atoms with Gasteiger partial charge in [0.15, 0.2) is 5.06 Å². The van der Waals surface area contributed by atoms with E-state index in [1.54, 1.807) is 13.8 Å². The fourth-order valence-electron chi connectivity index (χ4n) is 1.66. The number of halogens is 1. The van der Waals surface area contributed by atoms with Crippen molar-refractivity contribution in [2.24, 2.45) is 0 Å². The average molecular weight is 370 g/mol. The number of esters is 1. The molecule has 0 bridgehead atoms. The molecule has 0 amide bonds. The highest BCUT2D eigenvalue weighted by Gasteiger charge is 2.13. The summed E-state index contributed by atoms with van der Waals surface area (Å²) in [4.78, 5) is 11.6. The van der Waals surface area contributed by atoms with E-state index in [1.165, 1.54) is 11.3 Å². The molecule has 0 fully saturated rings. The molecule has 21 heavy (non-hydrogen) atoms. The number of carbonyl (C=O) groups is 1. The van der Waals surface area contributed by atoms with E-state index in [0.29, 0.717) is 6.61 Å². The molecule has 0 aliphatic heterocycles. The fourth-order valence-corrected chi connectivity index (χ4v) is 2.98.